The van der Waals surface area contributed by atoms with Gasteiger partial charge in [-0.2, -0.15) is 0 Å². The smallest absolute Gasteiger partial charge is 0.337 e. The Morgan fingerprint density at radius 1 is 1.00 bits per heavy atom. The molecule has 0 saturated heterocycles. The van der Waals surface area contributed by atoms with Gasteiger partial charge < -0.3 is 9.67 Å². The Morgan fingerprint density at radius 3 is 2.57 bits per heavy atom. The van der Waals surface area contributed by atoms with Crippen LogP contribution in [0.3, 0.4) is 0 Å². The van der Waals surface area contributed by atoms with Crippen LogP contribution in [0, 0.1) is 0 Å². The molecule has 1 N–H and O–H groups in total. The molecule has 3 rings (SSSR count). The summed E-state index contributed by atoms with van der Waals surface area (Å²) in [6, 6.07) is 16.4. The minimum atomic E-state index is -1.04. The van der Waals surface area contributed by atoms with E-state index in [9.17, 15) is 9.59 Å². The lowest BCUT2D eigenvalue weighted by Crippen LogP contribution is -2.20. The Balaban J connectivity index is 2.09. The first-order valence-corrected chi connectivity index (χ1v) is 6.55. The molecule has 0 bridgehead atoms. The Kier molecular flexibility index (Phi) is 3.28. The van der Waals surface area contributed by atoms with Crippen molar-refractivity contribution in [3.8, 4) is 0 Å². The molecule has 1 heterocycles. The molecule has 0 unspecified atom stereocenters. The summed E-state index contributed by atoms with van der Waals surface area (Å²) in [5.74, 6) is -1.04. The van der Waals surface area contributed by atoms with E-state index in [1.807, 2.05) is 42.5 Å². The Bertz CT molecular complexity index is 875. The summed E-state index contributed by atoms with van der Waals surface area (Å²) >= 11 is 0. The second kappa shape index (κ2) is 5.25. The standard InChI is InChI=1S/C17H13NO3/c19-16-9-8-14(17(20)21)11-18(16)10-13-6-3-5-12-4-1-2-7-15(12)13/h1-9,11H,10H2,(H,20,21). The average molecular weight is 279 g/mol. The van der Waals surface area contributed by atoms with E-state index in [-0.39, 0.29) is 11.1 Å². The Labute approximate surface area is 120 Å². The van der Waals surface area contributed by atoms with Gasteiger partial charge in [-0.3, -0.25) is 4.79 Å². The second-order valence-corrected chi connectivity index (χ2v) is 4.83. The Morgan fingerprint density at radius 2 is 1.76 bits per heavy atom. The topological polar surface area (TPSA) is 59.3 Å². The fourth-order valence-corrected chi connectivity index (χ4v) is 2.40. The molecule has 0 amide bonds. The van der Waals surface area contributed by atoms with Crippen LogP contribution in [-0.2, 0) is 6.54 Å². The lowest BCUT2D eigenvalue weighted by molar-refractivity contribution is 0.0696. The zero-order chi connectivity index (χ0) is 14.8. The number of aromatic carboxylic acids is 1. The number of pyridine rings is 1. The van der Waals surface area contributed by atoms with E-state index in [1.165, 1.54) is 22.9 Å². The molecule has 21 heavy (non-hydrogen) atoms. The maximum absolute atomic E-state index is 11.9. The first kappa shape index (κ1) is 13.1. The van der Waals surface area contributed by atoms with Crippen molar-refractivity contribution in [1.82, 2.24) is 4.57 Å². The molecule has 0 aliphatic carbocycles. The van der Waals surface area contributed by atoms with Crippen LogP contribution in [0.4, 0.5) is 0 Å². The Hall–Kier alpha value is -2.88. The highest BCUT2D eigenvalue weighted by Gasteiger charge is 2.07. The lowest BCUT2D eigenvalue weighted by Gasteiger charge is -2.09. The van der Waals surface area contributed by atoms with Crippen molar-refractivity contribution >= 4 is 16.7 Å². The van der Waals surface area contributed by atoms with Crippen LogP contribution < -0.4 is 5.56 Å². The number of carboxylic acid groups (broad SMARTS) is 1. The summed E-state index contributed by atoms with van der Waals surface area (Å²) in [7, 11) is 0. The van der Waals surface area contributed by atoms with Gasteiger partial charge >= 0.3 is 5.97 Å². The summed E-state index contributed by atoms with van der Waals surface area (Å²) in [6.45, 7) is 0.349. The van der Waals surface area contributed by atoms with Crippen LogP contribution in [-0.4, -0.2) is 15.6 Å². The first-order valence-electron chi connectivity index (χ1n) is 6.55. The third kappa shape index (κ3) is 2.56. The van der Waals surface area contributed by atoms with E-state index in [2.05, 4.69) is 0 Å². The molecule has 4 nitrogen and oxygen atoms in total. The van der Waals surface area contributed by atoms with Crippen molar-refractivity contribution in [2.24, 2.45) is 0 Å². The average Bonchev–Trinajstić information content (AvgIpc) is 2.49. The van der Waals surface area contributed by atoms with Crippen LogP contribution in [0.1, 0.15) is 15.9 Å². The lowest BCUT2D eigenvalue weighted by atomic mass is 10.0. The number of benzene rings is 2. The van der Waals surface area contributed by atoms with Gasteiger partial charge in [0.2, 0.25) is 0 Å². The van der Waals surface area contributed by atoms with Gasteiger partial charge in [0, 0.05) is 12.3 Å². The molecule has 0 radical (unpaired) electrons. The van der Waals surface area contributed by atoms with Crippen molar-refractivity contribution in [1.29, 1.82) is 0 Å². The highest BCUT2D eigenvalue weighted by molar-refractivity contribution is 5.87. The number of hydrogen-bond donors (Lipinski definition) is 1. The number of hydrogen-bond acceptors (Lipinski definition) is 2. The van der Waals surface area contributed by atoms with Crippen LogP contribution in [0.5, 0.6) is 0 Å². The maximum Gasteiger partial charge on any atom is 0.337 e. The second-order valence-electron chi connectivity index (χ2n) is 4.83. The van der Waals surface area contributed by atoms with E-state index in [0.717, 1.165) is 16.3 Å². The van der Waals surface area contributed by atoms with Crippen LogP contribution >= 0.6 is 0 Å². The van der Waals surface area contributed by atoms with E-state index >= 15 is 0 Å². The molecule has 0 aliphatic rings. The number of aromatic nitrogens is 1. The molecule has 0 fully saturated rings. The SMILES string of the molecule is O=C(O)c1ccc(=O)n(Cc2cccc3ccccc23)c1. The van der Waals surface area contributed by atoms with Gasteiger partial charge in [-0.15, -0.1) is 0 Å². The normalized spacial score (nSPS) is 10.7. The summed E-state index contributed by atoms with van der Waals surface area (Å²) < 4.78 is 1.42. The van der Waals surface area contributed by atoms with Gasteiger partial charge in [0.1, 0.15) is 0 Å². The molecule has 104 valence electrons. The fourth-order valence-electron chi connectivity index (χ4n) is 2.40. The van der Waals surface area contributed by atoms with Crippen molar-refractivity contribution in [3.05, 3.63) is 82.3 Å². The molecular formula is C17H13NO3. The molecule has 4 heteroatoms. The van der Waals surface area contributed by atoms with Crippen LogP contribution in [0.2, 0.25) is 0 Å². The molecule has 0 saturated carbocycles. The predicted octanol–water partition coefficient (Wildman–Crippen LogP) is 2.75. The molecule has 0 atom stereocenters. The molecule has 0 aliphatic heterocycles. The zero-order valence-electron chi connectivity index (χ0n) is 11.2. The maximum atomic E-state index is 11.9. The van der Waals surface area contributed by atoms with Crippen molar-refractivity contribution in [2.45, 2.75) is 6.54 Å². The monoisotopic (exact) mass is 279 g/mol. The highest BCUT2D eigenvalue weighted by atomic mass is 16.4. The molecule has 2 aromatic carbocycles. The van der Waals surface area contributed by atoms with Crippen molar-refractivity contribution in [2.75, 3.05) is 0 Å². The van der Waals surface area contributed by atoms with Crippen LogP contribution in [0.25, 0.3) is 10.8 Å². The van der Waals surface area contributed by atoms with E-state index in [4.69, 9.17) is 5.11 Å². The molecule has 0 spiro atoms. The summed E-state index contributed by atoms with van der Waals surface area (Å²) in [5, 5.41) is 11.2. The van der Waals surface area contributed by atoms with Gasteiger partial charge in [-0.05, 0) is 22.4 Å². The summed E-state index contributed by atoms with van der Waals surface area (Å²) in [4.78, 5) is 22.9. The van der Waals surface area contributed by atoms with Gasteiger partial charge in [-0.1, -0.05) is 42.5 Å². The van der Waals surface area contributed by atoms with Gasteiger partial charge in [-0.25, -0.2) is 4.79 Å². The van der Waals surface area contributed by atoms with Gasteiger partial charge in [0.05, 0.1) is 12.1 Å². The summed E-state index contributed by atoms with van der Waals surface area (Å²) in [5.41, 5.74) is 0.875. The first-order chi connectivity index (χ1) is 10.1. The number of nitrogens with zero attached hydrogens (tertiary/aromatic N) is 1. The summed E-state index contributed by atoms with van der Waals surface area (Å²) in [6.07, 6.45) is 1.38. The van der Waals surface area contributed by atoms with E-state index < -0.39 is 5.97 Å². The minimum absolute atomic E-state index is 0.106. The largest absolute Gasteiger partial charge is 0.478 e. The van der Waals surface area contributed by atoms with Crippen LogP contribution in [0.15, 0.2) is 65.6 Å². The number of fused-ring (bicyclic) bond motifs is 1. The predicted molar refractivity (Wildman–Crippen MR) is 80.7 cm³/mol. The van der Waals surface area contributed by atoms with E-state index in [1.54, 1.807) is 0 Å². The van der Waals surface area contributed by atoms with Crippen molar-refractivity contribution < 1.29 is 9.90 Å². The number of rotatable bonds is 3. The highest BCUT2D eigenvalue weighted by Crippen LogP contribution is 2.19. The minimum Gasteiger partial charge on any atom is -0.478 e. The number of carboxylic acids is 1. The molecule has 1 aromatic heterocycles. The molecule has 3 aromatic rings. The third-order valence-corrected chi connectivity index (χ3v) is 3.45. The van der Waals surface area contributed by atoms with Gasteiger partial charge in [0.25, 0.3) is 5.56 Å². The molecular weight excluding hydrogens is 266 g/mol. The fraction of sp³-hybridized carbons (Fsp3) is 0.0588. The number of carbonyl (C=O) groups is 1. The zero-order valence-corrected chi connectivity index (χ0v) is 11.2. The van der Waals surface area contributed by atoms with Gasteiger partial charge in [0.15, 0.2) is 0 Å². The third-order valence-electron chi connectivity index (χ3n) is 3.45. The van der Waals surface area contributed by atoms with Crippen molar-refractivity contribution in [3.63, 3.8) is 0 Å². The van der Waals surface area contributed by atoms with E-state index in [0.29, 0.717) is 6.54 Å². The quantitative estimate of drug-likeness (QED) is 0.802.